The van der Waals surface area contributed by atoms with Crippen LogP contribution < -0.4 is 5.32 Å². The van der Waals surface area contributed by atoms with E-state index in [4.69, 9.17) is 0 Å². The fraction of sp³-hybridized carbons (Fsp3) is 0.0435. The summed E-state index contributed by atoms with van der Waals surface area (Å²) < 4.78 is 14.2. The molecule has 138 valence electrons. The van der Waals surface area contributed by atoms with Crippen LogP contribution in [0.3, 0.4) is 0 Å². The molecule has 1 heterocycles. The van der Waals surface area contributed by atoms with Gasteiger partial charge in [-0.05, 0) is 29.8 Å². The van der Waals surface area contributed by atoms with Crippen LogP contribution in [0.15, 0.2) is 78.9 Å². The van der Waals surface area contributed by atoms with E-state index in [1.807, 2.05) is 54.6 Å². The Morgan fingerprint density at radius 2 is 1.68 bits per heavy atom. The van der Waals surface area contributed by atoms with Crippen LogP contribution in [0, 0.1) is 5.82 Å². The van der Waals surface area contributed by atoms with Gasteiger partial charge in [0.25, 0.3) is 5.91 Å². The fourth-order valence-corrected chi connectivity index (χ4v) is 2.94. The van der Waals surface area contributed by atoms with E-state index >= 15 is 0 Å². The SMILES string of the molecule is O=C(NCc1ccccc1)/C(=C/c1ccccc1F)c1nc2ccccc2[nH]1. The summed E-state index contributed by atoms with van der Waals surface area (Å²) in [6.45, 7) is 0.370. The van der Waals surface area contributed by atoms with E-state index in [1.165, 1.54) is 12.1 Å². The van der Waals surface area contributed by atoms with E-state index in [9.17, 15) is 9.18 Å². The number of para-hydroxylation sites is 2. The van der Waals surface area contributed by atoms with Crippen molar-refractivity contribution in [1.29, 1.82) is 0 Å². The molecule has 0 saturated carbocycles. The molecular formula is C23H18FN3O. The van der Waals surface area contributed by atoms with Crippen LogP contribution in [0.4, 0.5) is 4.39 Å². The Morgan fingerprint density at radius 1 is 0.964 bits per heavy atom. The molecule has 5 heteroatoms. The molecule has 1 amide bonds. The van der Waals surface area contributed by atoms with Crippen LogP contribution in [0.1, 0.15) is 17.0 Å². The summed E-state index contributed by atoms with van der Waals surface area (Å²) in [6.07, 6.45) is 1.52. The molecule has 4 nitrogen and oxygen atoms in total. The highest BCUT2D eigenvalue weighted by Gasteiger charge is 2.17. The molecule has 0 aliphatic rings. The van der Waals surface area contributed by atoms with Gasteiger partial charge in [0, 0.05) is 12.1 Å². The number of aromatic amines is 1. The van der Waals surface area contributed by atoms with Crippen molar-refractivity contribution < 1.29 is 9.18 Å². The zero-order valence-electron chi connectivity index (χ0n) is 15.0. The number of carbonyl (C=O) groups is 1. The lowest BCUT2D eigenvalue weighted by molar-refractivity contribution is -0.115. The molecule has 0 atom stereocenters. The number of nitrogens with zero attached hydrogens (tertiary/aromatic N) is 1. The first kappa shape index (κ1) is 17.7. The Morgan fingerprint density at radius 3 is 2.46 bits per heavy atom. The van der Waals surface area contributed by atoms with E-state index in [0.29, 0.717) is 17.9 Å². The van der Waals surface area contributed by atoms with Gasteiger partial charge in [-0.25, -0.2) is 9.37 Å². The van der Waals surface area contributed by atoms with Crippen molar-refractivity contribution in [2.75, 3.05) is 0 Å². The van der Waals surface area contributed by atoms with Gasteiger partial charge < -0.3 is 10.3 Å². The van der Waals surface area contributed by atoms with Crippen molar-refractivity contribution in [3.8, 4) is 0 Å². The van der Waals surface area contributed by atoms with E-state index in [-0.39, 0.29) is 11.5 Å². The second-order valence-corrected chi connectivity index (χ2v) is 6.35. The van der Waals surface area contributed by atoms with Crippen LogP contribution in [0.25, 0.3) is 22.7 Å². The number of fused-ring (bicyclic) bond motifs is 1. The van der Waals surface area contributed by atoms with Gasteiger partial charge >= 0.3 is 0 Å². The monoisotopic (exact) mass is 371 g/mol. The predicted octanol–water partition coefficient (Wildman–Crippen LogP) is 4.56. The molecule has 2 N–H and O–H groups in total. The summed E-state index contributed by atoms with van der Waals surface area (Å²) in [6, 6.07) is 23.5. The van der Waals surface area contributed by atoms with Crippen molar-refractivity contribution in [3.63, 3.8) is 0 Å². The van der Waals surface area contributed by atoms with Crippen molar-refractivity contribution in [2.45, 2.75) is 6.54 Å². The summed E-state index contributed by atoms with van der Waals surface area (Å²) >= 11 is 0. The summed E-state index contributed by atoms with van der Waals surface area (Å²) in [5.74, 6) is -0.326. The Kier molecular flexibility index (Phi) is 4.97. The number of hydrogen-bond acceptors (Lipinski definition) is 2. The number of H-pyrrole nitrogens is 1. The summed E-state index contributed by atoms with van der Waals surface area (Å²) in [7, 11) is 0. The third kappa shape index (κ3) is 3.83. The largest absolute Gasteiger partial charge is 0.348 e. The lowest BCUT2D eigenvalue weighted by Crippen LogP contribution is -2.24. The Balaban J connectivity index is 1.70. The zero-order chi connectivity index (χ0) is 19.3. The van der Waals surface area contributed by atoms with Crippen LogP contribution in [-0.2, 0) is 11.3 Å². The van der Waals surface area contributed by atoms with Crippen LogP contribution in [0.5, 0.6) is 0 Å². The normalized spacial score (nSPS) is 11.5. The van der Waals surface area contributed by atoms with Crippen LogP contribution in [-0.4, -0.2) is 15.9 Å². The zero-order valence-corrected chi connectivity index (χ0v) is 15.0. The maximum absolute atomic E-state index is 14.2. The van der Waals surface area contributed by atoms with Crippen molar-refractivity contribution in [3.05, 3.63) is 102 Å². The third-order valence-corrected chi connectivity index (χ3v) is 4.39. The number of halogens is 1. The number of benzene rings is 3. The molecule has 0 saturated heterocycles. The maximum Gasteiger partial charge on any atom is 0.255 e. The van der Waals surface area contributed by atoms with Gasteiger partial charge in [0.05, 0.1) is 16.6 Å². The number of nitrogens with one attached hydrogen (secondary N) is 2. The second kappa shape index (κ2) is 7.88. The number of aromatic nitrogens is 2. The molecule has 4 rings (SSSR count). The molecule has 0 bridgehead atoms. The van der Waals surface area contributed by atoms with Crippen molar-refractivity contribution in [1.82, 2.24) is 15.3 Å². The molecule has 0 radical (unpaired) electrons. The standard InChI is InChI=1S/C23H18FN3O/c24-19-11-5-4-10-17(19)14-18(22-26-20-12-6-7-13-21(20)27-22)23(28)25-15-16-8-2-1-3-9-16/h1-14H,15H2,(H,25,28)(H,26,27)/b18-14+. The fourth-order valence-electron chi connectivity index (χ4n) is 2.94. The lowest BCUT2D eigenvalue weighted by atomic mass is 10.1. The number of hydrogen-bond donors (Lipinski definition) is 2. The highest BCUT2D eigenvalue weighted by Crippen LogP contribution is 2.21. The lowest BCUT2D eigenvalue weighted by Gasteiger charge is -2.08. The first-order valence-electron chi connectivity index (χ1n) is 8.94. The number of carbonyl (C=O) groups excluding carboxylic acids is 1. The molecule has 0 fully saturated rings. The minimum atomic E-state index is -0.396. The molecule has 3 aromatic carbocycles. The van der Waals surface area contributed by atoms with E-state index in [1.54, 1.807) is 18.2 Å². The van der Waals surface area contributed by atoms with Crippen LogP contribution >= 0.6 is 0 Å². The second-order valence-electron chi connectivity index (χ2n) is 6.35. The smallest absolute Gasteiger partial charge is 0.255 e. The Labute approximate surface area is 161 Å². The summed E-state index contributed by atoms with van der Waals surface area (Å²) in [5.41, 5.74) is 3.14. The minimum absolute atomic E-state index is 0.275. The molecule has 28 heavy (non-hydrogen) atoms. The minimum Gasteiger partial charge on any atom is -0.348 e. The molecule has 0 spiro atoms. The highest BCUT2D eigenvalue weighted by molar-refractivity contribution is 6.23. The third-order valence-electron chi connectivity index (χ3n) is 4.39. The number of amides is 1. The first-order valence-corrected chi connectivity index (χ1v) is 8.94. The van der Waals surface area contributed by atoms with Gasteiger partial charge in [-0.2, -0.15) is 0 Å². The summed E-state index contributed by atoms with van der Waals surface area (Å²) in [4.78, 5) is 20.6. The van der Waals surface area contributed by atoms with Crippen molar-refractivity contribution >= 4 is 28.6 Å². The van der Waals surface area contributed by atoms with Gasteiger partial charge in [0.1, 0.15) is 11.6 Å². The average Bonchev–Trinajstić information content (AvgIpc) is 3.16. The van der Waals surface area contributed by atoms with Gasteiger partial charge in [0.2, 0.25) is 0 Å². The van der Waals surface area contributed by atoms with E-state index in [0.717, 1.165) is 16.6 Å². The topological polar surface area (TPSA) is 57.8 Å². The molecule has 0 aliphatic heterocycles. The quantitative estimate of drug-likeness (QED) is 0.505. The van der Waals surface area contributed by atoms with Gasteiger partial charge in [0.15, 0.2) is 0 Å². The first-order chi connectivity index (χ1) is 13.7. The Hall–Kier alpha value is -3.73. The van der Waals surface area contributed by atoms with Crippen LogP contribution in [0.2, 0.25) is 0 Å². The molecule has 0 unspecified atom stereocenters. The number of rotatable bonds is 5. The molecule has 1 aromatic heterocycles. The van der Waals surface area contributed by atoms with E-state index in [2.05, 4.69) is 15.3 Å². The van der Waals surface area contributed by atoms with Gasteiger partial charge in [-0.15, -0.1) is 0 Å². The molecular weight excluding hydrogens is 353 g/mol. The van der Waals surface area contributed by atoms with Crippen molar-refractivity contribution in [2.24, 2.45) is 0 Å². The molecule has 0 aliphatic carbocycles. The molecule has 4 aromatic rings. The van der Waals surface area contributed by atoms with Gasteiger partial charge in [-0.3, -0.25) is 4.79 Å². The predicted molar refractivity (Wildman–Crippen MR) is 109 cm³/mol. The van der Waals surface area contributed by atoms with Gasteiger partial charge in [-0.1, -0.05) is 60.7 Å². The highest BCUT2D eigenvalue weighted by atomic mass is 19.1. The maximum atomic E-state index is 14.2. The Bertz CT molecular complexity index is 1120. The average molecular weight is 371 g/mol. The number of imidazole rings is 1. The van der Waals surface area contributed by atoms with E-state index < -0.39 is 5.82 Å². The summed E-state index contributed by atoms with van der Waals surface area (Å²) in [5, 5.41) is 2.89.